The van der Waals surface area contributed by atoms with Crippen LogP contribution < -0.4 is 0 Å². The van der Waals surface area contributed by atoms with Gasteiger partial charge in [-0.3, -0.25) is 4.90 Å². The fraction of sp³-hybridized carbons (Fsp3) is 0.588. The maximum Gasteiger partial charge on any atom is 0.328 e. The van der Waals surface area contributed by atoms with E-state index in [1.54, 1.807) is 12.1 Å². The fourth-order valence-electron chi connectivity index (χ4n) is 2.77. The Hall–Kier alpha value is -0.770. The van der Waals surface area contributed by atoms with Crippen LogP contribution in [0.2, 0.25) is 10.0 Å². The Morgan fingerprint density at radius 3 is 2.64 bits per heavy atom. The molecule has 1 fully saturated rings. The van der Waals surface area contributed by atoms with Crippen molar-refractivity contribution in [2.24, 2.45) is 0 Å². The van der Waals surface area contributed by atoms with E-state index in [2.05, 4.69) is 11.8 Å². The van der Waals surface area contributed by atoms with Crippen molar-refractivity contribution >= 4 is 29.2 Å². The van der Waals surface area contributed by atoms with E-state index in [4.69, 9.17) is 27.9 Å². The normalized spacial score (nSPS) is 17.2. The molecule has 0 unspecified atom stereocenters. The number of unbranched alkanes of at least 4 members (excludes halogenated alkanes) is 1. The van der Waals surface area contributed by atoms with Crippen molar-refractivity contribution in [2.45, 2.75) is 45.1 Å². The first-order valence-corrected chi connectivity index (χ1v) is 8.74. The summed E-state index contributed by atoms with van der Waals surface area (Å²) in [6.07, 6.45) is 5.30. The van der Waals surface area contributed by atoms with Gasteiger partial charge in [-0.15, -0.1) is 0 Å². The van der Waals surface area contributed by atoms with Crippen LogP contribution in [0.4, 0.5) is 0 Å². The number of nitrogens with zero attached hydrogens (tertiary/aromatic N) is 1. The third-order valence-electron chi connectivity index (χ3n) is 3.98. The van der Waals surface area contributed by atoms with Gasteiger partial charge in [0.25, 0.3) is 0 Å². The third-order valence-corrected chi connectivity index (χ3v) is 4.54. The molecule has 0 saturated carbocycles. The molecular formula is C17H23Cl2NO2. The average molecular weight is 344 g/mol. The summed E-state index contributed by atoms with van der Waals surface area (Å²) in [5.41, 5.74) is 0.787. The second-order valence-electron chi connectivity index (χ2n) is 5.69. The van der Waals surface area contributed by atoms with Crippen molar-refractivity contribution in [1.29, 1.82) is 0 Å². The Labute approximate surface area is 142 Å². The van der Waals surface area contributed by atoms with Gasteiger partial charge in [-0.05, 0) is 50.0 Å². The summed E-state index contributed by atoms with van der Waals surface area (Å²) in [6, 6.07) is 4.88. The van der Waals surface area contributed by atoms with E-state index >= 15 is 0 Å². The lowest BCUT2D eigenvalue weighted by Gasteiger charge is -2.33. The standard InChI is InChI=1S/C17H23Cl2NO2/c1-2-3-11-22-17(21)16(20-9-5-4-6-10-20)14-8-7-13(18)12-15(14)19/h7-8,12,16H,2-6,9-11H2,1H3/t16-/m0/s1. The Kier molecular flexibility index (Phi) is 7.00. The highest BCUT2D eigenvalue weighted by Crippen LogP contribution is 2.32. The maximum absolute atomic E-state index is 12.6. The SMILES string of the molecule is CCCCOC(=O)[C@H](c1ccc(Cl)cc1Cl)N1CCCCC1. The summed E-state index contributed by atoms with van der Waals surface area (Å²) in [4.78, 5) is 14.8. The highest BCUT2D eigenvalue weighted by atomic mass is 35.5. The molecule has 0 N–H and O–H groups in total. The Morgan fingerprint density at radius 1 is 1.27 bits per heavy atom. The summed E-state index contributed by atoms with van der Waals surface area (Å²) < 4.78 is 5.47. The summed E-state index contributed by atoms with van der Waals surface area (Å²) in [5, 5.41) is 1.10. The summed E-state index contributed by atoms with van der Waals surface area (Å²) in [5.74, 6) is -0.209. The minimum atomic E-state index is -0.429. The van der Waals surface area contributed by atoms with E-state index in [9.17, 15) is 4.79 Å². The molecule has 1 saturated heterocycles. The van der Waals surface area contributed by atoms with Crippen LogP contribution in [0, 0.1) is 0 Å². The van der Waals surface area contributed by atoms with Crippen LogP contribution in [-0.4, -0.2) is 30.6 Å². The summed E-state index contributed by atoms with van der Waals surface area (Å²) in [7, 11) is 0. The molecule has 22 heavy (non-hydrogen) atoms. The monoisotopic (exact) mass is 343 g/mol. The number of likely N-dealkylation sites (tertiary alicyclic amines) is 1. The van der Waals surface area contributed by atoms with Gasteiger partial charge in [-0.25, -0.2) is 4.79 Å². The molecule has 3 nitrogen and oxygen atoms in total. The van der Waals surface area contributed by atoms with Crippen LogP contribution in [0.3, 0.4) is 0 Å². The molecule has 1 atom stereocenters. The van der Waals surface area contributed by atoms with E-state index in [1.807, 2.05) is 6.07 Å². The zero-order valence-corrected chi connectivity index (χ0v) is 14.5. The average Bonchev–Trinajstić information content (AvgIpc) is 2.51. The number of carbonyl (C=O) groups excluding carboxylic acids is 1. The van der Waals surface area contributed by atoms with Gasteiger partial charge in [0, 0.05) is 10.0 Å². The lowest BCUT2D eigenvalue weighted by Crippen LogP contribution is -2.39. The smallest absolute Gasteiger partial charge is 0.328 e. The molecule has 0 spiro atoms. The van der Waals surface area contributed by atoms with E-state index in [0.29, 0.717) is 16.7 Å². The molecule has 1 aliphatic rings. The number of carbonyl (C=O) groups is 1. The van der Waals surface area contributed by atoms with Crippen molar-refractivity contribution in [3.63, 3.8) is 0 Å². The van der Waals surface area contributed by atoms with E-state index in [1.165, 1.54) is 6.42 Å². The van der Waals surface area contributed by atoms with Crippen LogP contribution in [0.15, 0.2) is 18.2 Å². The van der Waals surface area contributed by atoms with Crippen LogP contribution in [-0.2, 0) is 9.53 Å². The molecule has 1 heterocycles. The van der Waals surface area contributed by atoms with Gasteiger partial charge < -0.3 is 4.74 Å². The molecular weight excluding hydrogens is 321 g/mol. The quantitative estimate of drug-likeness (QED) is 0.545. The first-order chi connectivity index (χ1) is 10.6. The Bertz CT molecular complexity index is 501. The first-order valence-electron chi connectivity index (χ1n) is 7.99. The van der Waals surface area contributed by atoms with Gasteiger partial charge in [0.05, 0.1) is 6.61 Å². The molecule has 0 aliphatic carbocycles. The number of halogens is 2. The number of ether oxygens (including phenoxy) is 1. The van der Waals surface area contributed by atoms with E-state index < -0.39 is 6.04 Å². The molecule has 5 heteroatoms. The molecule has 122 valence electrons. The highest BCUT2D eigenvalue weighted by molar-refractivity contribution is 6.35. The molecule has 0 bridgehead atoms. The largest absolute Gasteiger partial charge is 0.464 e. The lowest BCUT2D eigenvalue weighted by molar-refractivity contribution is -0.151. The van der Waals surface area contributed by atoms with Crippen molar-refractivity contribution < 1.29 is 9.53 Å². The minimum absolute atomic E-state index is 0.209. The number of rotatable bonds is 6. The lowest BCUT2D eigenvalue weighted by atomic mass is 10.0. The van der Waals surface area contributed by atoms with Crippen LogP contribution in [0.1, 0.15) is 50.6 Å². The van der Waals surface area contributed by atoms with Crippen molar-refractivity contribution in [2.75, 3.05) is 19.7 Å². The maximum atomic E-state index is 12.6. The number of esters is 1. The highest BCUT2D eigenvalue weighted by Gasteiger charge is 2.31. The fourth-order valence-corrected chi connectivity index (χ4v) is 3.28. The molecule has 0 amide bonds. The van der Waals surface area contributed by atoms with Gasteiger partial charge in [-0.1, -0.05) is 49.0 Å². The number of benzene rings is 1. The Balaban J connectivity index is 2.21. The van der Waals surface area contributed by atoms with Crippen molar-refractivity contribution in [1.82, 2.24) is 4.90 Å². The molecule has 2 rings (SSSR count). The molecule has 1 aromatic carbocycles. The predicted molar refractivity (Wildman–Crippen MR) is 90.5 cm³/mol. The predicted octanol–water partition coefficient (Wildman–Crippen LogP) is 4.86. The first kappa shape index (κ1) is 17.6. The number of hydrogen-bond acceptors (Lipinski definition) is 3. The summed E-state index contributed by atoms with van der Waals surface area (Å²) >= 11 is 12.3. The molecule has 0 aromatic heterocycles. The number of hydrogen-bond donors (Lipinski definition) is 0. The zero-order chi connectivity index (χ0) is 15.9. The van der Waals surface area contributed by atoms with Gasteiger partial charge in [0.15, 0.2) is 0 Å². The van der Waals surface area contributed by atoms with Gasteiger partial charge in [0.2, 0.25) is 0 Å². The van der Waals surface area contributed by atoms with Crippen LogP contribution >= 0.6 is 23.2 Å². The number of piperidine rings is 1. The van der Waals surface area contributed by atoms with Gasteiger partial charge >= 0.3 is 5.97 Å². The van der Waals surface area contributed by atoms with Crippen molar-refractivity contribution in [3.8, 4) is 0 Å². The zero-order valence-electron chi connectivity index (χ0n) is 13.0. The minimum Gasteiger partial charge on any atom is -0.464 e. The van der Waals surface area contributed by atoms with E-state index in [0.717, 1.165) is 44.3 Å². The van der Waals surface area contributed by atoms with Crippen LogP contribution in [0.25, 0.3) is 0 Å². The molecule has 1 aliphatic heterocycles. The Morgan fingerprint density at radius 2 is 2.00 bits per heavy atom. The summed E-state index contributed by atoms with van der Waals surface area (Å²) in [6.45, 7) is 4.33. The van der Waals surface area contributed by atoms with E-state index in [-0.39, 0.29) is 5.97 Å². The van der Waals surface area contributed by atoms with Gasteiger partial charge in [-0.2, -0.15) is 0 Å². The molecule has 1 aromatic rings. The second-order valence-corrected chi connectivity index (χ2v) is 6.53. The second kappa shape index (κ2) is 8.76. The van der Waals surface area contributed by atoms with Crippen LogP contribution in [0.5, 0.6) is 0 Å². The topological polar surface area (TPSA) is 29.5 Å². The molecule has 0 radical (unpaired) electrons. The van der Waals surface area contributed by atoms with Gasteiger partial charge in [0.1, 0.15) is 6.04 Å². The van der Waals surface area contributed by atoms with Crippen molar-refractivity contribution in [3.05, 3.63) is 33.8 Å². The third kappa shape index (κ3) is 4.61.